The second-order valence-electron chi connectivity index (χ2n) is 8.23. The highest BCUT2D eigenvalue weighted by molar-refractivity contribution is 6.09. The number of imide groups is 1. The van der Waals surface area contributed by atoms with Crippen molar-refractivity contribution in [1.82, 2.24) is 15.5 Å². The van der Waals surface area contributed by atoms with E-state index in [0.29, 0.717) is 17.1 Å². The minimum atomic E-state index is -1.28. The number of amides is 4. The minimum absolute atomic E-state index is 0.113. The molecule has 0 radical (unpaired) electrons. The highest BCUT2D eigenvalue weighted by atomic mass is 16.7. The molecule has 8 nitrogen and oxygen atoms in total. The van der Waals surface area contributed by atoms with Crippen molar-refractivity contribution in [3.8, 4) is 11.5 Å². The molecular weight excluding hydrogens is 398 g/mol. The summed E-state index contributed by atoms with van der Waals surface area (Å²) in [5.41, 5.74) is 1.61. The van der Waals surface area contributed by atoms with E-state index in [1.807, 2.05) is 18.2 Å². The van der Waals surface area contributed by atoms with Crippen LogP contribution in [-0.4, -0.2) is 36.1 Å². The van der Waals surface area contributed by atoms with E-state index in [9.17, 15) is 14.4 Å². The smallest absolute Gasteiger partial charge is 0.325 e. The second-order valence-corrected chi connectivity index (χ2v) is 8.23. The maximum atomic E-state index is 13.2. The summed E-state index contributed by atoms with van der Waals surface area (Å²) >= 11 is 0. The molecular formula is C23H23N3O5. The van der Waals surface area contributed by atoms with Crippen molar-refractivity contribution in [2.45, 2.75) is 37.8 Å². The van der Waals surface area contributed by atoms with Gasteiger partial charge in [0.05, 0.1) is 6.04 Å². The van der Waals surface area contributed by atoms with E-state index >= 15 is 0 Å². The Morgan fingerprint density at radius 3 is 2.87 bits per heavy atom. The third kappa shape index (κ3) is 3.28. The first-order chi connectivity index (χ1) is 15.0. The molecule has 2 aromatic carbocycles. The van der Waals surface area contributed by atoms with Gasteiger partial charge in [-0.05, 0) is 55.0 Å². The van der Waals surface area contributed by atoms with Gasteiger partial charge in [-0.2, -0.15) is 0 Å². The average Bonchev–Trinajstić information content (AvgIpc) is 3.32. The topological polar surface area (TPSA) is 97.0 Å². The summed E-state index contributed by atoms with van der Waals surface area (Å²) in [5, 5.41) is 5.72. The number of benzene rings is 2. The van der Waals surface area contributed by atoms with Crippen molar-refractivity contribution in [3.05, 3.63) is 59.2 Å². The number of carbonyl (C=O) groups excluding carboxylic acids is 3. The molecule has 2 aliphatic heterocycles. The number of aryl methyl sites for hydroxylation is 1. The fourth-order valence-corrected chi connectivity index (χ4v) is 4.53. The summed E-state index contributed by atoms with van der Waals surface area (Å²) in [6, 6.07) is 12.4. The lowest BCUT2D eigenvalue weighted by Gasteiger charge is -2.27. The summed E-state index contributed by atoms with van der Waals surface area (Å²) in [4.78, 5) is 39.5. The molecule has 2 heterocycles. The van der Waals surface area contributed by atoms with Crippen molar-refractivity contribution in [1.29, 1.82) is 0 Å². The predicted octanol–water partition coefficient (Wildman–Crippen LogP) is 2.38. The molecule has 0 aromatic heterocycles. The van der Waals surface area contributed by atoms with E-state index in [1.165, 1.54) is 5.56 Å². The molecule has 2 N–H and O–H groups in total. The van der Waals surface area contributed by atoms with Gasteiger partial charge in [-0.1, -0.05) is 30.3 Å². The number of rotatable bonds is 4. The van der Waals surface area contributed by atoms with Crippen molar-refractivity contribution in [3.63, 3.8) is 0 Å². The normalized spacial score (nSPS) is 24.0. The lowest BCUT2D eigenvalue weighted by Crippen LogP contribution is -2.44. The van der Waals surface area contributed by atoms with Gasteiger partial charge in [0.25, 0.3) is 5.91 Å². The summed E-state index contributed by atoms with van der Waals surface area (Å²) in [6.45, 7) is 1.41. The average molecular weight is 421 g/mol. The number of hydrogen-bond donors (Lipinski definition) is 2. The minimum Gasteiger partial charge on any atom is -0.454 e. The van der Waals surface area contributed by atoms with E-state index < -0.39 is 17.5 Å². The van der Waals surface area contributed by atoms with Crippen LogP contribution >= 0.6 is 0 Å². The van der Waals surface area contributed by atoms with E-state index in [4.69, 9.17) is 9.47 Å². The van der Waals surface area contributed by atoms with Crippen LogP contribution in [0.4, 0.5) is 4.79 Å². The van der Waals surface area contributed by atoms with Crippen LogP contribution in [0.15, 0.2) is 42.5 Å². The van der Waals surface area contributed by atoms with Crippen LogP contribution in [0.25, 0.3) is 0 Å². The molecule has 8 heteroatoms. The van der Waals surface area contributed by atoms with Gasteiger partial charge >= 0.3 is 6.03 Å². The Hall–Kier alpha value is -3.55. The lowest BCUT2D eigenvalue weighted by molar-refractivity contribution is -0.135. The van der Waals surface area contributed by atoms with Crippen molar-refractivity contribution in [2.24, 2.45) is 0 Å². The number of carbonyl (C=O) groups is 3. The van der Waals surface area contributed by atoms with Gasteiger partial charge in [0.15, 0.2) is 11.5 Å². The molecule has 0 saturated carbocycles. The molecule has 0 bridgehead atoms. The number of nitrogens with zero attached hydrogens (tertiary/aromatic N) is 1. The van der Waals surface area contributed by atoms with E-state index in [2.05, 4.69) is 16.7 Å². The third-order valence-electron chi connectivity index (χ3n) is 6.23. The van der Waals surface area contributed by atoms with Crippen LogP contribution in [0.2, 0.25) is 0 Å². The van der Waals surface area contributed by atoms with Crippen LogP contribution in [0.5, 0.6) is 11.5 Å². The Balaban J connectivity index is 1.31. The first-order valence-corrected chi connectivity index (χ1v) is 10.4. The van der Waals surface area contributed by atoms with Crippen LogP contribution in [-0.2, 0) is 21.5 Å². The maximum absolute atomic E-state index is 13.2. The predicted molar refractivity (Wildman–Crippen MR) is 110 cm³/mol. The fraction of sp³-hybridized carbons (Fsp3) is 0.348. The molecule has 31 heavy (non-hydrogen) atoms. The number of nitrogens with one attached hydrogen (secondary N) is 2. The molecule has 3 aliphatic rings. The molecule has 2 atom stereocenters. The molecule has 1 aliphatic carbocycles. The number of ether oxygens (including phenoxy) is 2. The van der Waals surface area contributed by atoms with Gasteiger partial charge in [-0.25, -0.2) is 4.79 Å². The molecule has 4 amide bonds. The van der Waals surface area contributed by atoms with Crippen molar-refractivity contribution in [2.75, 3.05) is 13.3 Å². The monoisotopic (exact) mass is 421 g/mol. The lowest BCUT2D eigenvalue weighted by atomic mass is 9.88. The second kappa shape index (κ2) is 7.30. The standard InChI is InChI=1S/C23H23N3O5/c1-23(15-9-10-18-19(11-15)31-13-30-18)21(28)26(22(29)25-23)12-20(27)24-17-8-4-6-14-5-2-3-7-16(14)17/h2-3,5,7,9-11,17H,4,6,8,12-13H2,1H3,(H,24,27)(H,25,29)/t17-,23-/m0/s1. The fourth-order valence-electron chi connectivity index (χ4n) is 4.53. The molecule has 160 valence electrons. The Morgan fingerprint density at radius 2 is 2.00 bits per heavy atom. The molecule has 1 fully saturated rings. The summed E-state index contributed by atoms with van der Waals surface area (Å²) in [6.07, 6.45) is 2.80. The van der Waals surface area contributed by atoms with Gasteiger partial charge in [-0.3, -0.25) is 14.5 Å². The van der Waals surface area contributed by atoms with Gasteiger partial charge in [0.1, 0.15) is 12.1 Å². The van der Waals surface area contributed by atoms with Crippen LogP contribution in [0.3, 0.4) is 0 Å². The molecule has 2 aromatic rings. The first-order valence-electron chi connectivity index (χ1n) is 10.4. The van der Waals surface area contributed by atoms with Crippen molar-refractivity contribution >= 4 is 17.8 Å². The number of urea groups is 1. The molecule has 0 spiro atoms. The molecule has 1 saturated heterocycles. The highest BCUT2D eigenvalue weighted by Gasteiger charge is 2.50. The van der Waals surface area contributed by atoms with Gasteiger partial charge in [0.2, 0.25) is 12.7 Å². The zero-order chi connectivity index (χ0) is 21.6. The van der Waals surface area contributed by atoms with E-state index in [0.717, 1.165) is 29.7 Å². The Labute approximate surface area is 179 Å². The largest absolute Gasteiger partial charge is 0.454 e. The summed E-state index contributed by atoms with van der Waals surface area (Å²) in [7, 11) is 0. The van der Waals surface area contributed by atoms with Gasteiger partial charge < -0.3 is 20.1 Å². The van der Waals surface area contributed by atoms with E-state index in [-0.39, 0.29) is 25.3 Å². The highest BCUT2D eigenvalue weighted by Crippen LogP contribution is 2.38. The SMILES string of the molecule is C[C@@]1(c2ccc3c(c2)OCO3)NC(=O)N(CC(=O)N[C@H]2CCCc3ccccc32)C1=O. The first kappa shape index (κ1) is 19.4. The summed E-state index contributed by atoms with van der Waals surface area (Å²) in [5.74, 6) is 0.275. The zero-order valence-corrected chi connectivity index (χ0v) is 17.1. The van der Waals surface area contributed by atoms with E-state index in [1.54, 1.807) is 25.1 Å². The summed E-state index contributed by atoms with van der Waals surface area (Å²) < 4.78 is 10.7. The van der Waals surface area contributed by atoms with Crippen molar-refractivity contribution < 1.29 is 23.9 Å². The van der Waals surface area contributed by atoms with Crippen LogP contribution < -0.4 is 20.1 Å². The molecule has 5 rings (SSSR count). The van der Waals surface area contributed by atoms with Crippen LogP contribution in [0.1, 0.15) is 42.5 Å². The Kier molecular flexibility index (Phi) is 4.57. The van der Waals surface area contributed by atoms with Crippen LogP contribution in [0, 0.1) is 0 Å². The quantitative estimate of drug-likeness (QED) is 0.739. The zero-order valence-electron chi connectivity index (χ0n) is 17.1. The maximum Gasteiger partial charge on any atom is 0.325 e. The Bertz CT molecular complexity index is 1080. The Morgan fingerprint density at radius 1 is 1.19 bits per heavy atom. The van der Waals surface area contributed by atoms with Gasteiger partial charge in [-0.15, -0.1) is 0 Å². The van der Waals surface area contributed by atoms with Gasteiger partial charge in [0, 0.05) is 0 Å². The molecule has 0 unspecified atom stereocenters. The number of fused-ring (bicyclic) bond motifs is 2. The third-order valence-corrected chi connectivity index (χ3v) is 6.23. The number of hydrogen-bond acceptors (Lipinski definition) is 5.